The van der Waals surface area contributed by atoms with Crippen LogP contribution >= 0.6 is 23.4 Å². The van der Waals surface area contributed by atoms with Crippen LogP contribution in [-0.4, -0.2) is 28.2 Å². The molecule has 34 heavy (non-hydrogen) atoms. The van der Waals surface area contributed by atoms with Crippen LogP contribution in [0, 0.1) is 20.8 Å². The van der Waals surface area contributed by atoms with Crippen molar-refractivity contribution in [2.45, 2.75) is 27.7 Å². The van der Waals surface area contributed by atoms with E-state index < -0.39 is 0 Å². The fraction of sp³-hybridized carbons (Fsp3) is 0.192. The predicted molar refractivity (Wildman–Crippen MR) is 138 cm³/mol. The Balaban J connectivity index is 1.64. The number of ether oxygens (including phenoxy) is 1. The molecule has 3 aromatic rings. The van der Waals surface area contributed by atoms with Gasteiger partial charge in [-0.3, -0.25) is 4.79 Å². The number of halogens is 1. The number of amides is 1. The predicted octanol–water partition coefficient (Wildman–Crippen LogP) is 6.12. The first-order chi connectivity index (χ1) is 16.3. The third-order valence-electron chi connectivity index (χ3n) is 5.48. The summed E-state index contributed by atoms with van der Waals surface area (Å²) < 4.78 is 7.18. The molecule has 8 heteroatoms. The van der Waals surface area contributed by atoms with Crippen molar-refractivity contribution in [2.75, 3.05) is 6.61 Å². The second-order valence-electron chi connectivity index (χ2n) is 7.80. The number of aryl methyl sites for hydroxylation is 1. The van der Waals surface area contributed by atoms with Crippen LogP contribution in [0.1, 0.15) is 39.8 Å². The second kappa shape index (κ2) is 9.91. The molecule has 4 rings (SSSR count). The topological polar surface area (TPSA) is 72.7 Å². The van der Waals surface area contributed by atoms with Crippen LogP contribution in [0.25, 0.3) is 11.8 Å². The molecule has 1 N–H and O–H groups in total. The number of esters is 1. The molecule has 2 aromatic carbocycles. The zero-order valence-electron chi connectivity index (χ0n) is 19.3. The van der Waals surface area contributed by atoms with Gasteiger partial charge in [0.15, 0.2) is 5.17 Å². The van der Waals surface area contributed by atoms with Crippen LogP contribution in [-0.2, 0) is 9.53 Å². The molecule has 0 unspecified atom stereocenters. The molecule has 0 spiro atoms. The Bertz CT molecular complexity index is 1360. The third-order valence-corrected chi connectivity index (χ3v) is 6.80. The highest BCUT2D eigenvalue weighted by atomic mass is 35.5. The van der Waals surface area contributed by atoms with Gasteiger partial charge in [-0.2, -0.15) is 0 Å². The Morgan fingerprint density at radius 1 is 1.18 bits per heavy atom. The van der Waals surface area contributed by atoms with Gasteiger partial charge in [0.05, 0.1) is 22.8 Å². The highest BCUT2D eigenvalue weighted by Gasteiger charge is 2.25. The molecule has 2 heterocycles. The minimum Gasteiger partial charge on any atom is -0.462 e. The number of hydrogen-bond acceptors (Lipinski definition) is 5. The molecule has 1 fully saturated rings. The van der Waals surface area contributed by atoms with Gasteiger partial charge in [0.25, 0.3) is 5.91 Å². The highest BCUT2D eigenvalue weighted by molar-refractivity contribution is 8.18. The largest absolute Gasteiger partial charge is 0.462 e. The van der Waals surface area contributed by atoms with Gasteiger partial charge in [0.1, 0.15) is 0 Å². The Morgan fingerprint density at radius 3 is 2.71 bits per heavy atom. The minimum atomic E-state index is -0.352. The van der Waals surface area contributed by atoms with E-state index in [2.05, 4.69) is 14.9 Å². The molecule has 0 radical (unpaired) electrons. The summed E-state index contributed by atoms with van der Waals surface area (Å²) in [5.41, 5.74) is 5.78. The molecule has 0 bridgehead atoms. The van der Waals surface area contributed by atoms with E-state index in [4.69, 9.17) is 16.3 Å². The first-order valence-corrected chi connectivity index (χ1v) is 12.0. The summed E-state index contributed by atoms with van der Waals surface area (Å²) in [4.78, 5) is 29.9. The second-order valence-corrected chi connectivity index (χ2v) is 9.24. The molecule has 174 valence electrons. The summed E-state index contributed by atoms with van der Waals surface area (Å²) >= 11 is 7.48. The van der Waals surface area contributed by atoms with Gasteiger partial charge in [0, 0.05) is 22.1 Å². The van der Waals surface area contributed by atoms with Crippen molar-refractivity contribution in [1.82, 2.24) is 9.88 Å². The zero-order chi connectivity index (χ0) is 24.4. The summed E-state index contributed by atoms with van der Waals surface area (Å²) in [6.45, 7) is 7.97. The van der Waals surface area contributed by atoms with Crippen molar-refractivity contribution < 1.29 is 14.3 Å². The van der Waals surface area contributed by atoms with Crippen molar-refractivity contribution in [3.8, 4) is 5.69 Å². The Kier molecular flexibility index (Phi) is 6.95. The molecular formula is C26H24ClN3O3S. The number of nitrogens with one attached hydrogen (secondary N) is 1. The van der Waals surface area contributed by atoms with Crippen molar-refractivity contribution in [1.29, 1.82) is 0 Å². The van der Waals surface area contributed by atoms with Crippen molar-refractivity contribution in [3.05, 3.63) is 86.5 Å². The fourth-order valence-corrected chi connectivity index (χ4v) is 4.76. The summed E-state index contributed by atoms with van der Waals surface area (Å²) in [5.74, 6) is -0.549. The lowest BCUT2D eigenvalue weighted by Gasteiger charge is -2.11. The van der Waals surface area contributed by atoms with Crippen LogP contribution in [0.5, 0.6) is 0 Å². The molecule has 0 saturated carbocycles. The van der Waals surface area contributed by atoms with Gasteiger partial charge in [-0.15, -0.1) is 0 Å². The molecule has 1 saturated heterocycles. The monoisotopic (exact) mass is 493 g/mol. The number of carbonyl (C=O) groups excluding carboxylic acids is 2. The van der Waals surface area contributed by atoms with Crippen LogP contribution in [0.2, 0.25) is 5.02 Å². The number of aliphatic imine (C=N–C) groups is 1. The Morgan fingerprint density at radius 2 is 1.94 bits per heavy atom. The lowest BCUT2D eigenvalue weighted by molar-refractivity contribution is -0.115. The van der Waals surface area contributed by atoms with Crippen LogP contribution in [0.3, 0.4) is 0 Å². The van der Waals surface area contributed by atoms with Gasteiger partial charge >= 0.3 is 5.97 Å². The lowest BCUT2D eigenvalue weighted by Crippen LogP contribution is -2.19. The van der Waals surface area contributed by atoms with E-state index in [0.717, 1.165) is 33.9 Å². The fourth-order valence-electron chi connectivity index (χ4n) is 3.77. The number of rotatable bonds is 5. The SMILES string of the molecule is CCOC(=O)c1cccc(-n2c(C)cc(/C=C3\SC(=Nc4cccc(Cl)c4C)NC3=O)c2C)c1. The number of aromatic nitrogens is 1. The molecule has 1 aliphatic rings. The van der Waals surface area contributed by atoms with E-state index in [1.54, 1.807) is 13.0 Å². The van der Waals surface area contributed by atoms with Crippen molar-refractivity contribution in [3.63, 3.8) is 0 Å². The average Bonchev–Trinajstić information content (AvgIpc) is 3.29. The van der Waals surface area contributed by atoms with Gasteiger partial charge in [0.2, 0.25) is 0 Å². The summed E-state index contributed by atoms with van der Waals surface area (Å²) in [7, 11) is 0. The van der Waals surface area contributed by atoms with E-state index in [1.807, 2.05) is 69.3 Å². The number of nitrogens with zero attached hydrogens (tertiary/aromatic N) is 2. The van der Waals surface area contributed by atoms with Gasteiger partial charge in [-0.1, -0.05) is 23.7 Å². The van der Waals surface area contributed by atoms with Crippen molar-refractivity contribution >= 4 is 52.2 Å². The van der Waals surface area contributed by atoms with E-state index in [0.29, 0.717) is 27.3 Å². The zero-order valence-corrected chi connectivity index (χ0v) is 20.9. The maximum Gasteiger partial charge on any atom is 0.338 e. The number of benzene rings is 2. The normalized spacial score (nSPS) is 15.7. The molecule has 6 nitrogen and oxygen atoms in total. The van der Waals surface area contributed by atoms with Gasteiger partial charge in [-0.25, -0.2) is 9.79 Å². The quantitative estimate of drug-likeness (QED) is 0.343. The van der Waals surface area contributed by atoms with E-state index in [-0.39, 0.29) is 11.9 Å². The molecule has 0 aliphatic carbocycles. The first-order valence-electron chi connectivity index (χ1n) is 10.8. The van der Waals surface area contributed by atoms with E-state index in [9.17, 15) is 9.59 Å². The molecule has 1 aromatic heterocycles. The Labute approximate surface area is 207 Å². The summed E-state index contributed by atoms with van der Waals surface area (Å²) in [6.07, 6.45) is 1.86. The van der Waals surface area contributed by atoms with Crippen molar-refractivity contribution in [2.24, 2.45) is 4.99 Å². The third kappa shape index (κ3) is 4.81. The molecule has 0 atom stereocenters. The lowest BCUT2D eigenvalue weighted by atomic mass is 10.2. The van der Waals surface area contributed by atoms with Crippen LogP contribution < -0.4 is 5.32 Å². The number of carbonyl (C=O) groups is 2. The van der Waals surface area contributed by atoms with E-state index >= 15 is 0 Å². The van der Waals surface area contributed by atoms with Crippen LogP contribution in [0.4, 0.5) is 5.69 Å². The smallest absolute Gasteiger partial charge is 0.338 e. The molecular weight excluding hydrogens is 470 g/mol. The maximum atomic E-state index is 12.6. The van der Waals surface area contributed by atoms with Gasteiger partial charge in [-0.05, 0) is 93.1 Å². The van der Waals surface area contributed by atoms with E-state index in [1.165, 1.54) is 11.8 Å². The summed E-state index contributed by atoms with van der Waals surface area (Å²) in [6, 6.07) is 14.8. The number of amidine groups is 1. The molecule has 1 aliphatic heterocycles. The summed E-state index contributed by atoms with van der Waals surface area (Å²) in [5, 5.41) is 3.97. The van der Waals surface area contributed by atoms with Gasteiger partial charge < -0.3 is 14.6 Å². The first kappa shape index (κ1) is 23.9. The number of hydrogen-bond donors (Lipinski definition) is 1. The minimum absolute atomic E-state index is 0.197. The highest BCUT2D eigenvalue weighted by Crippen LogP contribution is 2.32. The van der Waals surface area contributed by atoms with Crippen LogP contribution in [0.15, 0.2) is 58.4 Å². The maximum absolute atomic E-state index is 12.6. The Hall–Kier alpha value is -3.29. The standard InChI is InChI=1S/C26H24ClN3O3S/c1-5-33-25(32)18-8-6-9-20(13-18)30-15(2)12-19(17(30)4)14-23-24(31)29-26(34-23)28-22-11-7-10-21(27)16(22)3/h6-14H,5H2,1-4H3,(H,28,29,31)/b23-14-. The molecule has 1 amide bonds. The number of thioether (sulfide) groups is 1. The average molecular weight is 494 g/mol.